The van der Waals surface area contributed by atoms with Crippen molar-refractivity contribution in [2.45, 2.75) is 26.2 Å². The highest BCUT2D eigenvalue weighted by Gasteiger charge is 2.23. The average Bonchev–Trinajstić information content (AvgIpc) is 3.40. The van der Waals surface area contributed by atoms with Crippen molar-refractivity contribution in [1.82, 2.24) is 24.0 Å². The molecule has 6 rings (SSSR count). The van der Waals surface area contributed by atoms with Gasteiger partial charge in [0.2, 0.25) is 0 Å². The molecule has 3 heterocycles. The molecule has 0 saturated heterocycles. The number of aromatic nitrogens is 4. The number of carbonyl (C=O) groups is 1. The fourth-order valence-corrected chi connectivity index (χ4v) is 5.02. The number of carboxylic acid groups (broad SMARTS) is 1. The lowest BCUT2D eigenvalue weighted by Gasteiger charge is -2.27. The molecular formula is C27H23ClFN5O3. The molecular weight excluding hydrogens is 497 g/mol. The Morgan fingerprint density at radius 1 is 1.11 bits per heavy atom. The Labute approximate surface area is 216 Å². The molecule has 0 spiro atoms. The summed E-state index contributed by atoms with van der Waals surface area (Å²) in [6, 6.07) is 15.3. The van der Waals surface area contributed by atoms with Gasteiger partial charge >= 0.3 is 5.97 Å². The minimum absolute atomic E-state index is 0.148. The normalized spacial score (nSPS) is 13.8. The standard InChI is InChI=1S/C27H23ClFN5O3/c1-32-22-11-16(27(35)36)5-7-20(22)30-24(32)13-33-9-10-34-21-4-2-3-17(26(21)31-25(34)14-33)15-37-23-8-6-18(28)12-19(23)29/h2-8,11-12H,9-10,13-15H2,1H3,(H,35,36). The predicted octanol–water partition coefficient (Wildman–Crippen LogP) is 5.01. The molecule has 0 unspecified atom stereocenters. The third kappa shape index (κ3) is 4.30. The van der Waals surface area contributed by atoms with Crippen LogP contribution >= 0.6 is 11.6 Å². The summed E-state index contributed by atoms with van der Waals surface area (Å²) in [5, 5.41) is 9.63. The Balaban J connectivity index is 1.23. The third-order valence-electron chi connectivity index (χ3n) is 6.81. The molecule has 37 heavy (non-hydrogen) atoms. The first kappa shape index (κ1) is 23.4. The summed E-state index contributed by atoms with van der Waals surface area (Å²) in [6.45, 7) is 3.04. The van der Waals surface area contributed by atoms with Gasteiger partial charge in [-0.3, -0.25) is 4.90 Å². The number of benzene rings is 3. The number of rotatable bonds is 6. The lowest BCUT2D eigenvalue weighted by Crippen LogP contribution is -2.34. The number of para-hydroxylation sites is 1. The minimum Gasteiger partial charge on any atom is -0.486 e. The van der Waals surface area contributed by atoms with Gasteiger partial charge in [-0.15, -0.1) is 0 Å². The van der Waals surface area contributed by atoms with Gasteiger partial charge < -0.3 is 19.0 Å². The van der Waals surface area contributed by atoms with Crippen molar-refractivity contribution in [3.8, 4) is 5.75 Å². The summed E-state index contributed by atoms with van der Waals surface area (Å²) in [4.78, 5) is 23.3. The van der Waals surface area contributed by atoms with Crippen molar-refractivity contribution in [3.63, 3.8) is 0 Å². The van der Waals surface area contributed by atoms with Gasteiger partial charge in [0.1, 0.15) is 18.3 Å². The fraction of sp³-hybridized carbons (Fsp3) is 0.222. The maximum atomic E-state index is 14.2. The van der Waals surface area contributed by atoms with Crippen LogP contribution in [0, 0.1) is 5.82 Å². The van der Waals surface area contributed by atoms with E-state index < -0.39 is 11.8 Å². The molecule has 5 aromatic rings. The van der Waals surface area contributed by atoms with E-state index >= 15 is 0 Å². The summed E-state index contributed by atoms with van der Waals surface area (Å²) < 4.78 is 24.1. The number of nitrogens with zero attached hydrogens (tertiary/aromatic N) is 5. The highest BCUT2D eigenvalue weighted by molar-refractivity contribution is 6.30. The molecule has 2 aromatic heterocycles. The van der Waals surface area contributed by atoms with E-state index in [1.807, 2.05) is 29.8 Å². The number of fused-ring (bicyclic) bond motifs is 4. The van der Waals surface area contributed by atoms with Crippen molar-refractivity contribution in [2.75, 3.05) is 6.54 Å². The van der Waals surface area contributed by atoms with E-state index in [-0.39, 0.29) is 17.9 Å². The SMILES string of the molecule is Cn1c(CN2CCn3c(nc4c(COc5ccc(Cl)cc5F)cccc43)C2)nc2ccc(C(=O)O)cc21. The molecule has 0 amide bonds. The van der Waals surface area contributed by atoms with Crippen LogP contribution in [0.15, 0.2) is 54.6 Å². The van der Waals surface area contributed by atoms with Gasteiger partial charge in [0.25, 0.3) is 0 Å². The van der Waals surface area contributed by atoms with Crippen LogP contribution in [0.5, 0.6) is 5.75 Å². The number of halogens is 2. The van der Waals surface area contributed by atoms with E-state index in [4.69, 9.17) is 26.3 Å². The van der Waals surface area contributed by atoms with Crippen LogP contribution in [0.3, 0.4) is 0 Å². The minimum atomic E-state index is -0.956. The quantitative estimate of drug-likeness (QED) is 0.339. The lowest BCUT2D eigenvalue weighted by molar-refractivity contribution is 0.0697. The van der Waals surface area contributed by atoms with Gasteiger partial charge in [-0.1, -0.05) is 23.7 Å². The highest BCUT2D eigenvalue weighted by Crippen LogP contribution is 2.27. The second-order valence-electron chi connectivity index (χ2n) is 9.13. The molecule has 10 heteroatoms. The molecule has 0 aliphatic carbocycles. The first-order valence-corrected chi connectivity index (χ1v) is 12.2. The van der Waals surface area contributed by atoms with Crippen molar-refractivity contribution >= 4 is 39.6 Å². The van der Waals surface area contributed by atoms with Gasteiger partial charge in [-0.05, 0) is 42.5 Å². The van der Waals surface area contributed by atoms with Gasteiger partial charge in [0.05, 0.1) is 40.7 Å². The smallest absolute Gasteiger partial charge is 0.335 e. The van der Waals surface area contributed by atoms with Crippen molar-refractivity contribution < 1.29 is 19.0 Å². The third-order valence-corrected chi connectivity index (χ3v) is 7.04. The molecule has 0 bridgehead atoms. The summed E-state index contributed by atoms with van der Waals surface area (Å²) in [7, 11) is 1.91. The fourth-order valence-electron chi connectivity index (χ4n) is 4.86. The Morgan fingerprint density at radius 3 is 2.78 bits per heavy atom. The molecule has 1 aliphatic heterocycles. The number of hydrogen-bond acceptors (Lipinski definition) is 5. The molecule has 3 aromatic carbocycles. The maximum Gasteiger partial charge on any atom is 0.335 e. The molecule has 0 fully saturated rings. The number of hydrogen-bond donors (Lipinski definition) is 1. The predicted molar refractivity (Wildman–Crippen MR) is 137 cm³/mol. The second-order valence-corrected chi connectivity index (χ2v) is 9.57. The van der Waals surface area contributed by atoms with E-state index in [0.717, 1.165) is 52.4 Å². The maximum absolute atomic E-state index is 14.2. The van der Waals surface area contributed by atoms with Gasteiger partial charge in [-0.2, -0.15) is 0 Å². The van der Waals surface area contributed by atoms with Gasteiger partial charge in [0.15, 0.2) is 11.6 Å². The number of imidazole rings is 2. The van der Waals surface area contributed by atoms with E-state index in [1.165, 1.54) is 12.1 Å². The van der Waals surface area contributed by atoms with Crippen LogP contribution in [0.4, 0.5) is 4.39 Å². The van der Waals surface area contributed by atoms with E-state index in [9.17, 15) is 14.3 Å². The van der Waals surface area contributed by atoms with Crippen LogP contribution < -0.4 is 4.74 Å². The Kier molecular flexibility index (Phi) is 5.81. The van der Waals surface area contributed by atoms with Crippen molar-refractivity contribution in [2.24, 2.45) is 7.05 Å². The molecule has 0 atom stereocenters. The molecule has 0 radical (unpaired) electrons. The first-order chi connectivity index (χ1) is 17.9. The Morgan fingerprint density at radius 2 is 1.97 bits per heavy atom. The van der Waals surface area contributed by atoms with Crippen LogP contribution in [-0.4, -0.2) is 41.6 Å². The largest absolute Gasteiger partial charge is 0.486 e. The number of aryl methyl sites for hydroxylation is 1. The van der Waals surface area contributed by atoms with Crippen molar-refractivity contribution in [3.05, 3.63) is 88.2 Å². The van der Waals surface area contributed by atoms with E-state index in [0.29, 0.717) is 18.1 Å². The Hall–Kier alpha value is -3.95. The summed E-state index contributed by atoms with van der Waals surface area (Å²) >= 11 is 5.84. The zero-order valence-electron chi connectivity index (χ0n) is 20.0. The van der Waals surface area contributed by atoms with E-state index in [1.54, 1.807) is 24.3 Å². The molecule has 0 saturated carbocycles. The lowest BCUT2D eigenvalue weighted by atomic mass is 10.2. The monoisotopic (exact) mass is 519 g/mol. The zero-order chi connectivity index (χ0) is 25.7. The topological polar surface area (TPSA) is 85.4 Å². The van der Waals surface area contributed by atoms with Crippen LogP contribution in [-0.2, 0) is 33.3 Å². The molecule has 1 N–H and O–H groups in total. The number of aromatic carboxylic acids is 1. The summed E-state index contributed by atoms with van der Waals surface area (Å²) in [5.41, 5.74) is 4.56. The molecule has 8 nitrogen and oxygen atoms in total. The van der Waals surface area contributed by atoms with Gasteiger partial charge in [-0.25, -0.2) is 19.2 Å². The molecule has 188 valence electrons. The average molecular weight is 520 g/mol. The Bertz CT molecular complexity index is 1680. The zero-order valence-corrected chi connectivity index (χ0v) is 20.7. The second kappa shape index (κ2) is 9.17. The highest BCUT2D eigenvalue weighted by atomic mass is 35.5. The summed E-state index contributed by atoms with van der Waals surface area (Å²) in [5.74, 6) is 0.497. The van der Waals surface area contributed by atoms with Crippen LogP contribution in [0.1, 0.15) is 27.6 Å². The van der Waals surface area contributed by atoms with Crippen LogP contribution in [0.25, 0.3) is 22.1 Å². The molecule has 1 aliphatic rings. The van der Waals surface area contributed by atoms with Crippen molar-refractivity contribution in [1.29, 1.82) is 0 Å². The number of ether oxygens (including phenoxy) is 1. The number of carboxylic acids is 1. The summed E-state index contributed by atoms with van der Waals surface area (Å²) in [6.07, 6.45) is 0. The van der Waals surface area contributed by atoms with E-state index in [2.05, 4.69) is 9.47 Å². The van der Waals surface area contributed by atoms with Gasteiger partial charge in [0, 0.05) is 30.7 Å². The first-order valence-electron chi connectivity index (χ1n) is 11.8. The van der Waals surface area contributed by atoms with Crippen LogP contribution in [0.2, 0.25) is 5.02 Å².